The van der Waals surface area contributed by atoms with E-state index in [1.807, 2.05) is 24.3 Å². The van der Waals surface area contributed by atoms with Gasteiger partial charge in [0, 0.05) is 0 Å². The van der Waals surface area contributed by atoms with Crippen LogP contribution in [0.2, 0.25) is 0 Å². The van der Waals surface area contributed by atoms with Crippen molar-refractivity contribution in [2.75, 3.05) is 0 Å². The molecule has 0 aliphatic heterocycles. The number of alkyl halides is 1. The lowest BCUT2D eigenvalue weighted by Crippen LogP contribution is -2.38. The van der Waals surface area contributed by atoms with E-state index in [-0.39, 0.29) is 0 Å². The summed E-state index contributed by atoms with van der Waals surface area (Å²) in [7, 11) is 0. The van der Waals surface area contributed by atoms with Crippen LogP contribution in [0.3, 0.4) is 0 Å². The van der Waals surface area contributed by atoms with Crippen LogP contribution in [0.25, 0.3) is 32.3 Å². The highest BCUT2D eigenvalue weighted by atomic mass is 79.9. The molecule has 120 valence electrons. The average molecular weight is 383 g/mol. The largest absolute Gasteiger partial charge is 0.389 e. The van der Waals surface area contributed by atoms with Gasteiger partial charge in [-0.25, -0.2) is 0 Å². The van der Waals surface area contributed by atoms with Gasteiger partial charge in [0.05, 0.1) is 17.0 Å². The smallest absolute Gasteiger partial charge is 0.106 e. The van der Waals surface area contributed by atoms with Crippen molar-refractivity contribution in [3.63, 3.8) is 0 Å². The molecule has 0 radical (unpaired) electrons. The van der Waals surface area contributed by atoms with Crippen LogP contribution in [-0.2, 0) is 0 Å². The number of fused-ring (bicyclic) bond motifs is 2. The summed E-state index contributed by atoms with van der Waals surface area (Å²) in [5.74, 6) is 0. The van der Waals surface area contributed by atoms with Crippen LogP contribution >= 0.6 is 15.9 Å². The number of halogens is 1. The Kier molecular flexibility index (Phi) is 2.98. The van der Waals surface area contributed by atoms with Crippen LogP contribution in [0.1, 0.15) is 23.3 Å². The van der Waals surface area contributed by atoms with E-state index in [9.17, 15) is 15.3 Å². The highest BCUT2D eigenvalue weighted by Crippen LogP contribution is 2.46. The third kappa shape index (κ3) is 1.72. The molecule has 4 heteroatoms. The minimum Gasteiger partial charge on any atom is -0.389 e. The number of rotatable bonds is 0. The van der Waals surface area contributed by atoms with Gasteiger partial charge in [0.2, 0.25) is 0 Å². The fraction of sp³-hybridized carbons (Fsp3) is 0.200. The SMILES string of the molecule is OC1c2cc3ccc4cccc5ccc(c2C(O)C(Br)C1O)c3c45. The highest BCUT2D eigenvalue weighted by Gasteiger charge is 2.40. The molecule has 0 heterocycles. The number of aliphatic hydroxyl groups is 3. The van der Waals surface area contributed by atoms with Gasteiger partial charge in [-0.05, 0) is 49.5 Å². The first-order valence-corrected chi connectivity index (χ1v) is 8.88. The molecule has 0 bridgehead atoms. The molecule has 4 aromatic rings. The van der Waals surface area contributed by atoms with E-state index in [2.05, 4.69) is 40.2 Å². The van der Waals surface area contributed by atoms with Crippen LogP contribution in [0, 0.1) is 0 Å². The van der Waals surface area contributed by atoms with Crippen molar-refractivity contribution < 1.29 is 15.3 Å². The maximum Gasteiger partial charge on any atom is 0.106 e. The molecular formula is C20H15BrO3. The standard InChI is InChI=1S/C20H15BrO3/c21-17-19(23)16-12-7-6-10-3-1-2-9-4-5-11(15(12)14(9)10)8-13(16)18(22)20(17)24/h1-8,17-20,22-24H. The van der Waals surface area contributed by atoms with Gasteiger partial charge < -0.3 is 15.3 Å². The lowest BCUT2D eigenvalue weighted by molar-refractivity contribution is -0.0204. The van der Waals surface area contributed by atoms with Crippen molar-refractivity contribution in [1.29, 1.82) is 0 Å². The molecule has 24 heavy (non-hydrogen) atoms. The molecule has 5 rings (SSSR count). The van der Waals surface area contributed by atoms with Gasteiger partial charge in [0.25, 0.3) is 0 Å². The summed E-state index contributed by atoms with van der Waals surface area (Å²) in [5.41, 5.74) is 1.32. The Bertz CT molecular complexity index is 1070. The van der Waals surface area contributed by atoms with Gasteiger partial charge in [-0.2, -0.15) is 0 Å². The van der Waals surface area contributed by atoms with Crippen molar-refractivity contribution in [3.05, 3.63) is 59.7 Å². The summed E-state index contributed by atoms with van der Waals surface area (Å²) in [4.78, 5) is -0.599. The highest BCUT2D eigenvalue weighted by molar-refractivity contribution is 9.09. The summed E-state index contributed by atoms with van der Waals surface area (Å²) in [6.07, 6.45) is -2.93. The topological polar surface area (TPSA) is 60.7 Å². The molecule has 0 amide bonds. The lowest BCUT2D eigenvalue weighted by atomic mass is 9.80. The van der Waals surface area contributed by atoms with Gasteiger partial charge in [0.15, 0.2) is 0 Å². The Balaban J connectivity index is 2.01. The average Bonchev–Trinajstić information content (AvgIpc) is 2.62. The van der Waals surface area contributed by atoms with Crippen LogP contribution in [0.15, 0.2) is 48.5 Å². The summed E-state index contributed by atoms with van der Waals surface area (Å²) in [5, 5.41) is 38.0. The quantitative estimate of drug-likeness (QED) is 0.320. The second kappa shape index (κ2) is 4.90. The van der Waals surface area contributed by atoms with Crippen LogP contribution in [0.4, 0.5) is 0 Å². The van der Waals surface area contributed by atoms with Crippen LogP contribution in [0.5, 0.6) is 0 Å². The molecule has 0 fully saturated rings. The van der Waals surface area contributed by atoms with Gasteiger partial charge in [-0.15, -0.1) is 0 Å². The molecular weight excluding hydrogens is 368 g/mol. The third-order valence-electron chi connectivity index (χ3n) is 5.29. The summed E-state index contributed by atoms with van der Waals surface area (Å²) in [6.45, 7) is 0. The molecule has 4 aromatic carbocycles. The molecule has 1 aliphatic carbocycles. The predicted molar refractivity (Wildman–Crippen MR) is 98.8 cm³/mol. The van der Waals surface area contributed by atoms with Crippen LogP contribution < -0.4 is 0 Å². The van der Waals surface area contributed by atoms with E-state index in [0.717, 1.165) is 26.9 Å². The molecule has 0 spiro atoms. The molecule has 0 aromatic heterocycles. The normalized spacial score (nSPS) is 27.2. The molecule has 0 saturated carbocycles. The zero-order chi connectivity index (χ0) is 16.6. The first-order chi connectivity index (χ1) is 11.6. The number of aliphatic hydroxyl groups excluding tert-OH is 3. The zero-order valence-corrected chi connectivity index (χ0v) is 14.2. The third-order valence-corrected chi connectivity index (χ3v) is 6.33. The number of hydrogen-bond donors (Lipinski definition) is 3. The Labute approximate surface area is 146 Å². The van der Waals surface area contributed by atoms with Gasteiger partial charge in [0.1, 0.15) is 6.10 Å². The molecule has 3 N–H and O–H groups in total. The van der Waals surface area contributed by atoms with E-state index in [4.69, 9.17) is 0 Å². The zero-order valence-electron chi connectivity index (χ0n) is 12.6. The first kappa shape index (κ1) is 14.6. The number of benzene rings is 4. The summed E-state index contributed by atoms with van der Waals surface area (Å²) >= 11 is 3.34. The molecule has 0 saturated heterocycles. The van der Waals surface area contributed by atoms with Gasteiger partial charge in [-0.1, -0.05) is 58.4 Å². The predicted octanol–water partition coefficient (Wildman–Crippen LogP) is 3.79. The van der Waals surface area contributed by atoms with Gasteiger partial charge in [-0.3, -0.25) is 0 Å². The lowest BCUT2D eigenvalue weighted by Gasteiger charge is -2.35. The molecule has 1 aliphatic rings. The second-order valence-corrected chi connectivity index (χ2v) is 7.62. The Morgan fingerprint density at radius 1 is 0.750 bits per heavy atom. The summed E-state index contributed by atoms with van der Waals surface area (Å²) < 4.78 is 0. The van der Waals surface area contributed by atoms with E-state index < -0.39 is 23.1 Å². The van der Waals surface area contributed by atoms with Crippen molar-refractivity contribution in [3.8, 4) is 0 Å². The van der Waals surface area contributed by atoms with Gasteiger partial charge >= 0.3 is 0 Å². The van der Waals surface area contributed by atoms with Crippen molar-refractivity contribution in [1.82, 2.24) is 0 Å². The van der Waals surface area contributed by atoms with E-state index in [1.165, 1.54) is 5.39 Å². The Morgan fingerprint density at radius 2 is 1.42 bits per heavy atom. The van der Waals surface area contributed by atoms with E-state index in [0.29, 0.717) is 11.1 Å². The second-order valence-electron chi connectivity index (χ2n) is 6.56. The maximum atomic E-state index is 10.7. The monoisotopic (exact) mass is 382 g/mol. The molecule has 3 nitrogen and oxygen atoms in total. The van der Waals surface area contributed by atoms with E-state index in [1.54, 1.807) is 0 Å². The van der Waals surface area contributed by atoms with Crippen molar-refractivity contribution in [2.24, 2.45) is 0 Å². The maximum absolute atomic E-state index is 10.7. The van der Waals surface area contributed by atoms with Crippen molar-refractivity contribution in [2.45, 2.75) is 23.1 Å². The fourth-order valence-electron chi connectivity index (χ4n) is 4.13. The molecule has 4 unspecified atom stereocenters. The minimum absolute atomic E-state index is 0.599. The van der Waals surface area contributed by atoms with Crippen LogP contribution in [-0.4, -0.2) is 26.3 Å². The fourth-order valence-corrected chi connectivity index (χ4v) is 4.69. The first-order valence-electron chi connectivity index (χ1n) is 7.96. The Hall–Kier alpha value is -1.72. The number of hydrogen-bond acceptors (Lipinski definition) is 3. The Morgan fingerprint density at radius 3 is 2.17 bits per heavy atom. The minimum atomic E-state index is -1.04. The molecule has 4 atom stereocenters. The van der Waals surface area contributed by atoms with E-state index >= 15 is 0 Å². The van der Waals surface area contributed by atoms with Crippen molar-refractivity contribution >= 4 is 48.2 Å². The summed E-state index contributed by atoms with van der Waals surface area (Å²) in [6, 6.07) is 16.3.